The second-order valence-electron chi connectivity index (χ2n) is 6.88. The van der Waals surface area contributed by atoms with Crippen LogP contribution in [0.1, 0.15) is 19.4 Å². The van der Waals surface area contributed by atoms with Crippen LogP contribution in [0.25, 0.3) is 5.69 Å². The summed E-state index contributed by atoms with van der Waals surface area (Å²) in [6.07, 6.45) is 4.17. The van der Waals surface area contributed by atoms with Gasteiger partial charge in [-0.25, -0.2) is 4.68 Å². The standard InChI is InChI=1S/C19H26N4O/c1-16(2)14-21-8-10-22(11-9-21)19(24)12-17-13-20-23(15-17)18-6-4-3-5-7-18/h3-7,13,15-16H,8-12,14H2,1-2H3. The largest absolute Gasteiger partial charge is 0.340 e. The van der Waals surface area contributed by atoms with Crippen molar-refractivity contribution in [2.75, 3.05) is 32.7 Å². The minimum Gasteiger partial charge on any atom is -0.340 e. The molecule has 0 radical (unpaired) electrons. The van der Waals surface area contributed by atoms with Gasteiger partial charge in [-0.1, -0.05) is 32.0 Å². The summed E-state index contributed by atoms with van der Waals surface area (Å²) >= 11 is 0. The number of para-hydroxylation sites is 1. The van der Waals surface area contributed by atoms with Gasteiger partial charge in [0, 0.05) is 38.9 Å². The molecular formula is C19H26N4O. The minimum absolute atomic E-state index is 0.201. The van der Waals surface area contributed by atoms with Gasteiger partial charge in [0.05, 0.1) is 18.3 Å². The molecule has 1 aromatic carbocycles. The number of piperazine rings is 1. The Morgan fingerprint density at radius 1 is 1.12 bits per heavy atom. The fraction of sp³-hybridized carbons (Fsp3) is 0.474. The Bertz CT molecular complexity index is 657. The molecule has 5 nitrogen and oxygen atoms in total. The lowest BCUT2D eigenvalue weighted by atomic mass is 10.1. The van der Waals surface area contributed by atoms with E-state index in [9.17, 15) is 4.79 Å². The molecule has 1 saturated heterocycles. The average Bonchev–Trinajstić information content (AvgIpc) is 3.04. The third-order valence-corrected chi connectivity index (χ3v) is 4.36. The molecule has 2 heterocycles. The van der Waals surface area contributed by atoms with Crippen LogP contribution >= 0.6 is 0 Å². The molecule has 1 aliphatic rings. The first kappa shape index (κ1) is 16.7. The normalized spacial score (nSPS) is 15.9. The van der Waals surface area contributed by atoms with Crippen LogP contribution in [0.3, 0.4) is 0 Å². The molecule has 5 heteroatoms. The Balaban J connectivity index is 1.54. The Morgan fingerprint density at radius 2 is 1.83 bits per heavy atom. The van der Waals surface area contributed by atoms with E-state index in [0.717, 1.165) is 44.0 Å². The van der Waals surface area contributed by atoms with Gasteiger partial charge in [0.25, 0.3) is 0 Å². The highest BCUT2D eigenvalue weighted by Crippen LogP contribution is 2.11. The van der Waals surface area contributed by atoms with E-state index in [2.05, 4.69) is 23.8 Å². The Morgan fingerprint density at radius 3 is 2.50 bits per heavy atom. The van der Waals surface area contributed by atoms with Gasteiger partial charge in [-0.2, -0.15) is 5.10 Å². The molecule has 24 heavy (non-hydrogen) atoms. The Kier molecular flexibility index (Phi) is 5.30. The fourth-order valence-corrected chi connectivity index (χ4v) is 3.16. The summed E-state index contributed by atoms with van der Waals surface area (Å²) in [7, 11) is 0. The molecule has 0 aliphatic carbocycles. The number of carbonyl (C=O) groups is 1. The maximum atomic E-state index is 12.5. The lowest BCUT2D eigenvalue weighted by Gasteiger charge is -2.35. The predicted octanol–water partition coefficient (Wildman–Crippen LogP) is 2.21. The van der Waals surface area contributed by atoms with E-state index in [0.29, 0.717) is 12.3 Å². The summed E-state index contributed by atoms with van der Waals surface area (Å²) in [6, 6.07) is 9.96. The first-order chi connectivity index (χ1) is 11.6. The van der Waals surface area contributed by atoms with E-state index in [1.165, 1.54) is 0 Å². The summed E-state index contributed by atoms with van der Waals surface area (Å²) in [5.41, 5.74) is 1.98. The van der Waals surface area contributed by atoms with Crippen molar-refractivity contribution in [3.05, 3.63) is 48.3 Å². The van der Waals surface area contributed by atoms with E-state index < -0.39 is 0 Å². The molecule has 0 bridgehead atoms. The number of aromatic nitrogens is 2. The molecule has 1 aromatic heterocycles. The van der Waals surface area contributed by atoms with Crippen molar-refractivity contribution < 1.29 is 4.79 Å². The molecular weight excluding hydrogens is 300 g/mol. The summed E-state index contributed by atoms with van der Waals surface area (Å²) < 4.78 is 1.82. The molecule has 1 amide bonds. The number of amides is 1. The Hall–Kier alpha value is -2.14. The maximum absolute atomic E-state index is 12.5. The molecule has 2 aromatic rings. The molecule has 1 fully saturated rings. The summed E-state index contributed by atoms with van der Waals surface area (Å²) in [4.78, 5) is 16.9. The van der Waals surface area contributed by atoms with Crippen molar-refractivity contribution >= 4 is 5.91 Å². The molecule has 0 atom stereocenters. The van der Waals surface area contributed by atoms with Crippen LogP contribution in [0.2, 0.25) is 0 Å². The number of hydrogen-bond acceptors (Lipinski definition) is 3. The molecule has 0 spiro atoms. The first-order valence-electron chi connectivity index (χ1n) is 8.71. The highest BCUT2D eigenvalue weighted by atomic mass is 16.2. The SMILES string of the molecule is CC(C)CN1CCN(C(=O)Cc2cnn(-c3ccccc3)c2)CC1. The van der Waals surface area contributed by atoms with Crippen LogP contribution in [0.4, 0.5) is 0 Å². The highest BCUT2D eigenvalue weighted by Gasteiger charge is 2.21. The van der Waals surface area contributed by atoms with Crippen LogP contribution in [0.5, 0.6) is 0 Å². The smallest absolute Gasteiger partial charge is 0.227 e. The number of hydrogen-bond donors (Lipinski definition) is 0. The van der Waals surface area contributed by atoms with Gasteiger partial charge in [0.2, 0.25) is 5.91 Å². The predicted molar refractivity (Wildman–Crippen MR) is 95.1 cm³/mol. The molecule has 0 unspecified atom stereocenters. The van der Waals surface area contributed by atoms with Gasteiger partial charge >= 0.3 is 0 Å². The Labute approximate surface area is 143 Å². The summed E-state index contributed by atoms with van der Waals surface area (Å²) in [6.45, 7) is 9.22. The monoisotopic (exact) mass is 326 g/mol. The summed E-state index contributed by atoms with van der Waals surface area (Å²) in [5, 5.41) is 4.37. The van der Waals surface area contributed by atoms with E-state index >= 15 is 0 Å². The van der Waals surface area contributed by atoms with E-state index in [4.69, 9.17) is 0 Å². The van der Waals surface area contributed by atoms with Crippen molar-refractivity contribution in [2.45, 2.75) is 20.3 Å². The summed E-state index contributed by atoms with van der Waals surface area (Å²) in [5.74, 6) is 0.878. The highest BCUT2D eigenvalue weighted by molar-refractivity contribution is 5.78. The fourth-order valence-electron chi connectivity index (χ4n) is 3.16. The molecule has 3 rings (SSSR count). The molecule has 1 aliphatic heterocycles. The molecule has 0 N–H and O–H groups in total. The maximum Gasteiger partial charge on any atom is 0.227 e. The third-order valence-electron chi connectivity index (χ3n) is 4.36. The average molecular weight is 326 g/mol. The van der Waals surface area contributed by atoms with Gasteiger partial charge in [0.1, 0.15) is 0 Å². The van der Waals surface area contributed by atoms with Crippen molar-refractivity contribution in [1.29, 1.82) is 0 Å². The number of rotatable bonds is 5. The van der Waals surface area contributed by atoms with Gasteiger partial charge in [-0.15, -0.1) is 0 Å². The minimum atomic E-state index is 0.201. The zero-order chi connectivity index (χ0) is 16.9. The van der Waals surface area contributed by atoms with Gasteiger partial charge in [-0.05, 0) is 23.6 Å². The lowest BCUT2D eigenvalue weighted by Crippen LogP contribution is -2.49. The zero-order valence-electron chi connectivity index (χ0n) is 14.6. The van der Waals surface area contributed by atoms with Crippen LogP contribution in [-0.2, 0) is 11.2 Å². The second kappa shape index (κ2) is 7.62. The van der Waals surface area contributed by atoms with Crippen molar-refractivity contribution in [3.8, 4) is 5.69 Å². The molecule has 128 valence electrons. The quantitative estimate of drug-likeness (QED) is 0.846. The van der Waals surface area contributed by atoms with Gasteiger partial charge in [-0.3, -0.25) is 9.69 Å². The van der Waals surface area contributed by atoms with Crippen LogP contribution in [0.15, 0.2) is 42.7 Å². The lowest BCUT2D eigenvalue weighted by molar-refractivity contribution is -0.132. The number of nitrogens with zero attached hydrogens (tertiary/aromatic N) is 4. The van der Waals surface area contributed by atoms with Crippen LogP contribution in [-0.4, -0.2) is 58.2 Å². The van der Waals surface area contributed by atoms with Crippen molar-refractivity contribution in [1.82, 2.24) is 19.6 Å². The van der Waals surface area contributed by atoms with Gasteiger partial charge in [0.15, 0.2) is 0 Å². The zero-order valence-corrected chi connectivity index (χ0v) is 14.6. The van der Waals surface area contributed by atoms with E-state index in [1.54, 1.807) is 6.20 Å². The number of benzene rings is 1. The van der Waals surface area contributed by atoms with E-state index in [-0.39, 0.29) is 5.91 Å². The topological polar surface area (TPSA) is 41.4 Å². The number of carbonyl (C=O) groups excluding carboxylic acids is 1. The second-order valence-corrected chi connectivity index (χ2v) is 6.88. The van der Waals surface area contributed by atoms with Crippen LogP contribution < -0.4 is 0 Å². The van der Waals surface area contributed by atoms with E-state index in [1.807, 2.05) is 46.1 Å². The molecule has 0 saturated carbocycles. The van der Waals surface area contributed by atoms with Crippen molar-refractivity contribution in [2.24, 2.45) is 5.92 Å². The van der Waals surface area contributed by atoms with Crippen LogP contribution in [0, 0.1) is 5.92 Å². The van der Waals surface area contributed by atoms with Crippen molar-refractivity contribution in [3.63, 3.8) is 0 Å². The van der Waals surface area contributed by atoms with Gasteiger partial charge < -0.3 is 4.90 Å². The first-order valence-corrected chi connectivity index (χ1v) is 8.71. The third kappa shape index (κ3) is 4.23.